The Morgan fingerprint density at radius 2 is 1.52 bits per heavy atom. The minimum Gasteiger partial charge on any atom is -0.489 e. The molecule has 0 aromatic heterocycles. The molecule has 0 fully saturated rings. The van der Waals surface area contributed by atoms with Crippen LogP contribution in [0.3, 0.4) is 0 Å². The molecule has 0 amide bonds. The average molecular weight is 331 g/mol. The smallest absolute Gasteiger partial charge is 0.134 e. The van der Waals surface area contributed by atoms with Gasteiger partial charge in [-0.1, -0.05) is 48.5 Å². The standard InChI is InChI=1S/C22H21NO2/c1-15(24)11-18-5-8-21-13-22(10-9-20(21)12-18)25-14-17-3-6-19(7-4-17)16(2)23/h3-10,12-13,23H,11,14H2,1-2H3. The number of benzene rings is 3. The fourth-order valence-corrected chi connectivity index (χ4v) is 2.78. The lowest BCUT2D eigenvalue weighted by Gasteiger charge is -2.09. The molecule has 3 heteroatoms. The monoisotopic (exact) mass is 331 g/mol. The zero-order valence-electron chi connectivity index (χ0n) is 14.5. The van der Waals surface area contributed by atoms with Crippen LogP contribution in [0.2, 0.25) is 0 Å². The first kappa shape index (κ1) is 16.9. The van der Waals surface area contributed by atoms with Crippen LogP contribution in [-0.2, 0) is 17.8 Å². The first-order chi connectivity index (χ1) is 12.0. The van der Waals surface area contributed by atoms with Crippen molar-refractivity contribution in [3.05, 3.63) is 77.4 Å². The molecule has 0 atom stereocenters. The molecule has 3 rings (SSSR count). The van der Waals surface area contributed by atoms with Gasteiger partial charge < -0.3 is 10.1 Å². The Bertz CT molecular complexity index is 926. The summed E-state index contributed by atoms with van der Waals surface area (Å²) in [4.78, 5) is 11.2. The molecule has 0 aliphatic rings. The number of nitrogens with one attached hydrogen (secondary N) is 1. The highest BCUT2D eigenvalue weighted by Crippen LogP contribution is 2.23. The maximum absolute atomic E-state index is 11.2. The van der Waals surface area contributed by atoms with Crippen LogP contribution in [-0.4, -0.2) is 11.5 Å². The summed E-state index contributed by atoms with van der Waals surface area (Å²) >= 11 is 0. The Morgan fingerprint density at radius 3 is 2.20 bits per heavy atom. The van der Waals surface area contributed by atoms with Gasteiger partial charge in [-0.3, -0.25) is 4.79 Å². The van der Waals surface area contributed by atoms with E-state index in [0.29, 0.717) is 18.7 Å². The molecule has 3 aromatic carbocycles. The van der Waals surface area contributed by atoms with E-state index in [2.05, 4.69) is 6.07 Å². The second-order valence-electron chi connectivity index (χ2n) is 6.33. The lowest BCUT2D eigenvalue weighted by atomic mass is 10.0. The number of carbonyl (C=O) groups is 1. The van der Waals surface area contributed by atoms with E-state index in [4.69, 9.17) is 10.1 Å². The molecule has 25 heavy (non-hydrogen) atoms. The quantitative estimate of drug-likeness (QED) is 0.651. The van der Waals surface area contributed by atoms with Gasteiger partial charge in [-0.25, -0.2) is 0 Å². The fourth-order valence-electron chi connectivity index (χ4n) is 2.78. The van der Waals surface area contributed by atoms with Gasteiger partial charge in [0.2, 0.25) is 0 Å². The Balaban J connectivity index is 1.71. The SMILES string of the molecule is CC(=N)c1ccc(COc2ccc3cc(CC(C)=O)ccc3c2)cc1. The third kappa shape index (κ3) is 4.32. The maximum Gasteiger partial charge on any atom is 0.134 e. The van der Waals surface area contributed by atoms with Gasteiger partial charge >= 0.3 is 0 Å². The second-order valence-corrected chi connectivity index (χ2v) is 6.33. The number of rotatable bonds is 6. The van der Waals surface area contributed by atoms with Crippen LogP contribution in [0, 0.1) is 5.41 Å². The van der Waals surface area contributed by atoms with E-state index in [-0.39, 0.29) is 5.78 Å². The third-order valence-electron chi connectivity index (χ3n) is 4.12. The molecule has 0 saturated heterocycles. The van der Waals surface area contributed by atoms with Crippen LogP contribution < -0.4 is 4.74 Å². The highest BCUT2D eigenvalue weighted by Gasteiger charge is 2.03. The number of carbonyl (C=O) groups excluding carboxylic acids is 1. The average Bonchev–Trinajstić information content (AvgIpc) is 2.59. The first-order valence-corrected chi connectivity index (χ1v) is 8.31. The van der Waals surface area contributed by atoms with Crippen LogP contribution >= 0.6 is 0 Å². The molecule has 0 saturated carbocycles. The van der Waals surface area contributed by atoms with E-state index in [1.807, 2.05) is 54.6 Å². The van der Waals surface area contributed by atoms with Crippen molar-refractivity contribution >= 4 is 22.3 Å². The lowest BCUT2D eigenvalue weighted by molar-refractivity contribution is -0.116. The van der Waals surface area contributed by atoms with Crippen molar-refractivity contribution < 1.29 is 9.53 Å². The molecule has 0 bridgehead atoms. The zero-order chi connectivity index (χ0) is 17.8. The molecule has 3 aromatic rings. The molecule has 0 unspecified atom stereocenters. The van der Waals surface area contributed by atoms with Gasteiger partial charge in [0.1, 0.15) is 18.1 Å². The maximum atomic E-state index is 11.2. The van der Waals surface area contributed by atoms with E-state index >= 15 is 0 Å². The number of fused-ring (bicyclic) bond motifs is 1. The molecular weight excluding hydrogens is 310 g/mol. The van der Waals surface area contributed by atoms with Crippen LogP contribution in [0.1, 0.15) is 30.5 Å². The zero-order valence-corrected chi connectivity index (χ0v) is 14.5. The summed E-state index contributed by atoms with van der Waals surface area (Å²) in [6, 6.07) is 19.9. The molecule has 126 valence electrons. The normalized spacial score (nSPS) is 10.6. The second kappa shape index (κ2) is 7.31. The minimum absolute atomic E-state index is 0.170. The predicted octanol–water partition coefficient (Wildman–Crippen LogP) is 4.94. The van der Waals surface area contributed by atoms with Gasteiger partial charge in [0.15, 0.2) is 0 Å². The molecular formula is C22H21NO2. The van der Waals surface area contributed by atoms with Crippen molar-refractivity contribution in [3.63, 3.8) is 0 Å². The summed E-state index contributed by atoms with van der Waals surface area (Å²) in [6.07, 6.45) is 0.472. The summed E-state index contributed by atoms with van der Waals surface area (Å²) in [7, 11) is 0. The number of hydrogen-bond donors (Lipinski definition) is 1. The van der Waals surface area contributed by atoms with Gasteiger partial charge in [-0.15, -0.1) is 0 Å². The van der Waals surface area contributed by atoms with Gasteiger partial charge in [0.05, 0.1) is 0 Å². The summed E-state index contributed by atoms with van der Waals surface area (Å²) in [6.45, 7) is 3.88. The predicted molar refractivity (Wildman–Crippen MR) is 102 cm³/mol. The van der Waals surface area contributed by atoms with Crippen LogP contribution in [0.5, 0.6) is 5.75 Å². The van der Waals surface area contributed by atoms with Crippen molar-refractivity contribution in [2.24, 2.45) is 0 Å². The van der Waals surface area contributed by atoms with Gasteiger partial charge in [0, 0.05) is 12.1 Å². The fraction of sp³-hybridized carbons (Fsp3) is 0.182. The summed E-state index contributed by atoms with van der Waals surface area (Å²) < 4.78 is 5.89. The van der Waals surface area contributed by atoms with Crippen LogP contribution in [0.4, 0.5) is 0 Å². The van der Waals surface area contributed by atoms with E-state index in [0.717, 1.165) is 33.2 Å². The van der Waals surface area contributed by atoms with Crippen LogP contribution in [0.25, 0.3) is 10.8 Å². The summed E-state index contributed by atoms with van der Waals surface area (Å²) in [5.41, 5.74) is 3.60. The molecule has 3 nitrogen and oxygen atoms in total. The lowest BCUT2D eigenvalue weighted by Crippen LogP contribution is -1.98. The summed E-state index contributed by atoms with van der Waals surface area (Å²) in [5.74, 6) is 0.989. The third-order valence-corrected chi connectivity index (χ3v) is 4.12. The molecule has 0 aliphatic carbocycles. The van der Waals surface area contributed by atoms with Gasteiger partial charge in [0.25, 0.3) is 0 Å². The minimum atomic E-state index is 0.170. The first-order valence-electron chi connectivity index (χ1n) is 8.31. The highest BCUT2D eigenvalue weighted by atomic mass is 16.5. The Morgan fingerprint density at radius 1 is 0.880 bits per heavy atom. The molecule has 0 heterocycles. The summed E-state index contributed by atoms with van der Waals surface area (Å²) in [5, 5.41) is 9.83. The molecule has 0 radical (unpaired) electrons. The van der Waals surface area contributed by atoms with Gasteiger partial charge in [-0.2, -0.15) is 0 Å². The number of hydrogen-bond acceptors (Lipinski definition) is 3. The van der Waals surface area contributed by atoms with Gasteiger partial charge in [-0.05, 0) is 53.4 Å². The van der Waals surface area contributed by atoms with E-state index < -0.39 is 0 Å². The van der Waals surface area contributed by atoms with Crippen molar-refractivity contribution in [1.82, 2.24) is 0 Å². The van der Waals surface area contributed by atoms with Crippen molar-refractivity contribution in [2.45, 2.75) is 26.9 Å². The largest absolute Gasteiger partial charge is 0.489 e. The topological polar surface area (TPSA) is 50.1 Å². The van der Waals surface area contributed by atoms with E-state index in [9.17, 15) is 4.79 Å². The van der Waals surface area contributed by atoms with E-state index in [1.165, 1.54) is 0 Å². The molecule has 0 spiro atoms. The molecule has 1 N–H and O–H groups in total. The number of ether oxygens (including phenoxy) is 1. The molecule has 0 aliphatic heterocycles. The van der Waals surface area contributed by atoms with E-state index in [1.54, 1.807) is 13.8 Å². The van der Waals surface area contributed by atoms with Crippen molar-refractivity contribution in [1.29, 1.82) is 5.41 Å². The highest BCUT2D eigenvalue weighted by molar-refractivity contribution is 5.96. The Kier molecular flexibility index (Phi) is 4.94. The number of ketones is 1. The number of Topliss-reactive ketones (excluding diaryl/α,β-unsaturated/α-hetero) is 1. The van der Waals surface area contributed by atoms with Crippen molar-refractivity contribution in [3.8, 4) is 5.75 Å². The Labute approximate surface area is 147 Å². The van der Waals surface area contributed by atoms with Crippen LogP contribution in [0.15, 0.2) is 60.7 Å². The van der Waals surface area contributed by atoms with Crippen molar-refractivity contribution in [2.75, 3.05) is 0 Å². The Hall–Kier alpha value is -2.94.